The first-order valence-corrected chi connectivity index (χ1v) is 13.0. The molecule has 0 radical (unpaired) electrons. The molecule has 3 aromatic carbocycles. The number of rotatable bonds is 4. The Morgan fingerprint density at radius 2 is 1.79 bits per heavy atom. The van der Waals surface area contributed by atoms with Crippen molar-refractivity contribution in [2.24, 2.45) is 5.92 Å². The molecule has 3 aromatic rings. The fourth-order valence-electron chi connectivity index (χ4n) is 5.06. The molecule has 3 atom stereocenters. The van der Waals surface area contributed by atoms with Crippen LogP contribution in [-0.2, 0) is 14.8 Å². The van der Waals surface area contributed by atoms with Gasteiger partial charge in [-0.25, -0.2) is 13.1 Å². The number of aryl methyl sites for hydroxylation is 2. The molecule has 5 rings (SSSR count). The van der Waals surface area contributed by atoms with E-state index in [1.54, 1.807) is 37.3 Å². The number of sulfonamides is 1. The lowest BCUT2D eigenvalue weighted by molar-refractivity contribution is -0.0381. The molecule has 176 valence electrons. The Morgan fingerprint density at radius 3 is 2.56 bits per heavy atom. The van der Waals surface area contributed by atoms with Crippen LogP contribution in [-0.4, -0.2) is 20.9 Å². The number of ether oxygens (including phenoxy) is 1. The lowest BCUT2D eigenvalue weighted by atomic mass is 9.77. The second-order valence-electron chi connectivity index (χ2n) is 9.13. The molecule has 1 fully saturated rings. The minimum Gasteiger partial charge on any atom is -0.378 e. The fraction of sp³-hybridized carbons (Fsp3) is 0.296. The molecule has 2 aliphatic heterocycles. The normalized spacial score (nSPS) is 21.6. The summed E-state index contributed by atoms with van der Waals surface area (Å²) < 4.78 is 33.8. The second kappa shape index (κ2) is 8.89. The number of carbonyl (C=O) groups is 1. The standard InChI is InChI=1S/C27H28N2O4S/c1-17-9-14-23-22(16-17)26-21(7-5-15-33-26)25(28-23)19-10-12-20(13-11-19)27(30)29-34(31,32)24-8-4-3-6-18(24)2/h3-4,6,8-14,16,21,25-26,28H,5,7,15H2,1-2H3,(H,29,30)/t21-,25-,26-/m1/s1. The lowest BCUT2D eigenvalue weighted by Gasteiger charge is -2.43. The van der Waals surface area contributed by atoms with E-state index in [0.29, 0.717) is 11.1 Å². The van der Waals surface area contributed by atoms with E-state index >= 15 is 0 Å². The second-order valence-corrected chi connectivity index (χ2v) is 10.8. The van der Waals surface area contributed by atoms with Crippen molar-refractivity contribution in [3.63, 3.8) is 0 Å². The maximum absolute atomic E-state index is 12.7. The van der Waals surface area contributed by atoms with Gasteiger partial charge in [0.1, 0.15) is 0 Å². The first-order chi connectivity index (χ1) is 16.3. The number of carbonyl (C=O) groups excluding carboxylic acids is 1. The number of anilines is 1. The molecular weight excluding hydrogens is 448 g/mol. The predicted octanol–water partition coefficient (Wildman–Crippen LogP) is 5.06. The molecule has 0 aromatic heterocycles. The number of nitrogens with one attached hydrogen (secondary N) is 2. The minimum absolute atomic E-state index is 0.0390. The Kier molecular flexibility index (Phi) is 5.91. The van der Waals surface area contributed by atoms with Gasteiger partial charge in [-0.15, -0.1) is 0 Å². The van der Waals surface area contributed by atoms with Gasteiger partial charge in [-0.05, 0) is 62.1 Å². The maximum atomic E-state index is 12.7. The summed E-state index contributed by atoms with van der Waals surface area (Å²) >= 11 is 0. The highest BCUT2D eigenvalue weighted by atomic mass is 32.2. The van der Waals surface area contributed by atoms with Crippen LogP contribution in [0.5, 0.6) is 0 Å². The van der Waals surface area contributed by atoms with E-state index in [1.807, 2.05) is 12.1 Å². The van der Waals surface area contributed by atoms with Crippen molar-refractivity contribution in [3.8, 4) is 0 Å². The van der Waals surface area contributed by atoms with Crippen molar-refractivity contribution in [3.05, 3.63) is 94.5 Å². The van der Waals surface area contributed by atoms with Crippen LogP contribution in [0.15, 0.2) is 71.6 Å². The van der Waals surface area contributed by atoms with Gasteiger partial charge < -0.3 is 10.1 Å². The third-order valence-electron chi connectivity index (χ3n) is 6.76. The van der Waals surface area contributed by atoms with Gasteiger partial charge in [0.25, 0.3) is 15.9 Å². The smallest absolute Gasteiger partial charge is 0.264 e. The number of hydrogen-bond donors (Lipinski definition) is 2. The van der Waals surface area contributed by atoms with E-state index in [-0.39, 0.29) is 23.0 Å². The molecule has 0 aliphatic carbocycles. The largest absolute Gasteiger partial charge is 0.378 e. The number of fused-ring (bicyclic) bond motifs is 3. The zero-order valence-electron chi connectivity index (χ0n) is 19.2. The van der Waals surface area contributed by atoms with E-state index in [9.17, 15) is 13.2 Å². The highest BCUT2D eigenvalue weighted by molar-refractivity contribution is 7.90. The maximum Gasteiger partial charge on any atom is 0.264 e. The Bertz CT molecular complexity index is 1330. The molecule has 0 saturated carbocycles. The van der Waals surface area contributed by atoms with Crippen molar-refractivity contribution in [2.75, 3.05) is 11.9 Å². The van der Waals surface area contributed by atoms with Gasteiger partial charge in [0.05, 0.1) is 17.0 Å². The number of amides is 1. The van der Waals surface area contributed by atoms with E-state index in [4.69, 9.17) is 4.74 Å². The summed E-state index contributed by atoms with van der Waals surface area (Å²) in [4.78, 5) is 12.8. The molecule has 2 N–H and O–H groups in total. The minimum atomic E-state index is -3.95. The third kappa shape index (κ3) is 4.21. The fourth-order valence-corrected chi connectivity index (χ4v) is 6.28. The van der Waals surface area contributed by atoms with Crippen LogP contribution < -0.4 is 10.0 Å². The van der Waals surface area contributed by atoms with Crippen LogP contribution in [0.2, 0.25) is 0 Å². The van der Waals surface area contributed by atoms with Crippen LogP contribution >= 0.6 is 0 Å². The molecule has 0 bridgehead atoms. The van der Waals surface area contributed by atoms with E-state index in [0.717, 1.165) is 30.7 Å². The zero-order valence-corrected chi connectivity index (χ0v) is 20.1. The molecule has 1 saturated heterocycles. The summed E-state index contributed by atoms with van der Waals surface area (Å²) in [7, 11) is -3.95. The summed E-state index contributed by atoms with van der Waals surface area (Å²) in [5.74, 6) is -0.365. The van der Waals surface area contributed by atoms with Crippen LogP contribution in [0, 0.1) is 19.8 Å². The van der Waals surface area contributed by atoms with Gasteiger partial charge in [-0.2, -0.15) is 0 Å². The quantitative estimate of drug-likeness (QED) is 0.550. The molecule has 6 nitrogen and oxygen atoms in total. The van der Waals surface area contributed by atoms with Crippen molar-refractivity contribution in [2.45, 2.75) is 43.7 Å². The van der Waals surface area contributed by atoms with Crippen molar-refractivity contribution in [1.82, 2.24) is 4.72 Å². The average molecular weight is 477 g/mol. The first-order valence-electron chi connectivity index (χ1n) is 11.5. The highest BCUT2D eigenvalue weighted by Crippen LogP contribution is 2.49. The molecule has 7 heteroatoms. The SMILES string of the molecule is Cc1ccc2c(c1)[C@@H]1OCCC[C@@H]1[C@@H](c1ccc(C(=O)NS(=O)(=O)c3ccccc3C)cc1)N2. The summed E-state index contributed by atoms with van der Waals surface area (Å²) in [6.45, 7) is 4.55. The zero-order chi connectivity index (χ0) is 23.9. The van der Waals surface area contributed by atoms with Crippen LogP contribution in [0.4, 0.5) is 5.69 Å². The molecule has 0 unspecified atom stereocenters. The highest BCUT2D eigenvalue weighted by Gasteiger charge is 2.39. The molecular formula is C27H28N2O4S. The van der Waals surface area contributed by atoms with Gasteiger partial charge >= 0.3 is 0 Å². The Balaban J connectivity index is 1.38. The summed E-state index contributed by atoms with van der Waals surface area (Å²) in [5.41, 5.74) is 5.42. The van der Waals surface area contributed by atoms with Gasteiger partial charge in [-0.1, -0.05) is 48.0 Å². The summed E-state index contributed by atoms with van der Waals surface area (Å²) in [6, 6.07) is 20.2. The van der Waals surface area contributed by atoms with E-state index in [2.05, 4.69) is 35.2 Å². The molecule has 0 spiro atoms. The predicted molar refractivity (Wildman–Crippen MR) is 131 cm³/mol. The summed E-state index contributed by atoms with van der Waals surface area (Å²) in [5, 5.41) is 3.68. The Morgan fingerprint density at radius 1 is 1.03 bits per heavy atom. The van der Waals surface area contributed by atoms with Crippen molar-refractivity contribution >= 4 is 21.6 Å². The first kappa shape index (κ1) is 22.6. The van der Waals surface area contributed by atoms with Crippen LogP contribution in [0.25, 0.3) is 0 Å². The molecule has 2 aliphatic rings. The third-order valence-corrected chi connectivity index (χ3v) is 8.25. The lowest BCUT2D eigenvalue weighted by Crippen LogP contribution is -2.36. The van der Waals surface area contributed by atoms with Gasteiger partial charge in [0.15, 0.2) is 0 Å². The molecule has 2 heterocycles. The monoisotopic (exact) mass is 476 g/mol. The van der Waals surface area contributed by atoms with Crippen LogP contribution in [0.3, 0.4) is 0 Å². The van der Waals surface area contributed by atoms with Crippen LogP contribution in [0.1, 0.15) is 57.6 Å². The number of hydrogen-bond acceptors (Lipinski definition) is 5. The Hall–Kier alpha value is -3.16. The van der Waals surface area contributed by atoms with E-state index < -0.39 is 15.9 Å². The average Bonchev–Trinajstić information content (AvgIpc) is 2.83. The van der Waals surface area contributed by atoms with Gasteiger partial charge in [0.2, 0.25) is 0 Å². The van der Waals surface area contributed by atoms with Gasteiger partial charge in [0, 0.05) is 29.3 Å². The molecule has 34 heavy (non-hydrogen) atoms. The summed E-state index contributed by atoms with van der Waals surface area (Å²) in [6.07, 6.45) is 2.10. The van der Waals surface area contributed by atoms with Crippen molar-refractivity contribution in [1.29, 1.82) is 0 Å². The van der Waals surface area contributed by atoms with Crippen molar-refractivity contribution < 1.29 is 17.9 Å². The van der Waals surface area contributed by atoms with E-state index in [1.165, 1.54) is 17.2 Å². The van der Waals surface area contributed by atoms with Gasteiger partial charge in [-0.3, -0.25) is 4.79 Å². The molecule has 1 amide bonds. The topological polar surface area (TPSA) is 84.5 Å². The number of benzene rings is 3. The Labute approximate surface area is 200 Å².